The predicted octanol–water partition coefficient (Wildman–Crippen LogP) is 20.3. The lowest BCUT2D eigenvalue weighted by molar-refractivity contribution is 0.401. The Hall–Kier alpha value is -5.20. The highest BCUT2D eigenvalue weighted by Crippen LogP contribution is 2.57. The van der Waals surface area contributed by atoms with Gasteiger partial charge in [0.15, 0.2) is 0 Å². The molecule has 0 radical (unpaired) electrons. The highest BCUT2D eigenvalue weighted by Gasteiger charge is 2.43. The maximum absolute atomic E-state index is 2.64. The van der Waals surface area contributed by atoms with Gasteiger partial charge in [-0.1, -0.05) is 252 Å². The summed E-state index contributed by atoms with van der Waals surface area (Å²) >= 11 is 0. The van der Waals surface area contributed by atoms with Gasteiger partial charge in [0.2, 0.25) is 0 Å². The molecule has 66 heavy (non-hydrogen) atoms. The highest BCUT2D eigenvalue weighted by molar-refractivity contribution is 6.27. The average molecular weight is 867 g/mol. The third-order valence-electron chi connectivity index (χ3n) is 16.7. The normalized spacial score (nSPS) is 14.3. The molecule has 0 saturated heterocycles. The molecule has 0 heterocycles. The molecule has 0 heteroatoms. The van der Waals surface area contributed by atoms with Gasteiger partial charge in [-0.25, -0.2) is 0 Å². The molecule has 0 fully saturated rings. The van der Waals surface area contributed by atoms with E-state index in [0.29, 0.717) is 0 Å². The van der Waals surface area contributed by atoms with E-state index < -0.39 is 0 Å². The second kappa shape index (κ2) is 19.6. The van der Waals surface area contributed by atoms with E-state index in [2.05, 4.69) is 161 Å². The Bertz CT molecular complexity index is 2710. The van der Waals surface area contributed by atoms with Crippen molar-refractivity contribution in [3.63, 3.8) is 0 Å². The van der Waals surface area contributed by atoms with Crippen molar-refractivity contribution in [1.82, 2.24) is 0 Å². The largest absolute Gasteiger partial charge is 0.0654 e. The van der Waals surface area contributed by atoms with Crippen molar-refractivity contribution in [2.75, 3.05) is 0 Å². The minimum atomic E-state index is 0.0714. The Kier molecular flexibility index (Phi) is 13.2. The van der Waals surface area contributed by atoms with Crippen molar-refractivity contribution in [1.29, 1.82) is 0 Å². The summed E-state index contributed by atoms with van der Waals surface area (Å²) in [4.78, 5) is 0. The van der Waals surface area contributed by atoms with Crippen LogP contribution < -0.4 is 0 Å². The van der Waals surface area contributed by atoms with Gasteiger partial charge in [0.1, 0.15) is 0 Å². The lowest BCUT2D eigenvalue weighted by Crippen LogP contribution is -2.25. The van der Waals surface area contributed by atoms with Crippen molar-refractivity contribution in [2.45, 2.75) is 167 Å². The van der Waals surface area contributed by atoms with Gasteiger partial charge >= 0.3 is 0 Å². The minimum Gasteiger partial charge on any atom is -0.0654 e. The molecule has 0 aliphatic heterocycles. The van der Waals surface area contributed by atoms with Crippen LogP contribution in [-0.4, -0.2) is 0 Å². The van der Waals surface area contributed by atoms with Crippen LogP contribution in [-0.2, 0) is 10.8 Å². The molecular weight excluding hydrogens is 793 g/mol. The van der Waals surface area contributed by atoms with Gasteiger partial charge in [-0.15, -0.1) is 0 Å². The Morgan fingerprint density at radius 1 is 0.288 bits per heavy atom. The van der Waals surface area contributed by atoms with E-state index in [1.54, 1.807) is 22.3 Å². The second-order valence-corrected chi connectivity index (χ2v) is 20.7. The SMILES string of the molecule is CCCCCCC1(CCCCCC)c2ccccc2-c2ccc(-c3ccc4ccc5c(-c6ccc7c(c6)C(CCCCCC)(CCCCCC)c6ccccc6-7)ccc6ccc3c4c65)cc21. The Morgan fingerprint density at radius 2 is 0.621 bits per heavy atom. The van der Waals surface area contributed by atoms with Crippen LogP contribution in [0.2, 0.25) is 0 Å². The van der Waals surface area contributed by atoms with E-state index in [1.807, 2.05) is 0 Å². The zero-order chi connectivity index (χ0) is 45.1. The summed E-state index contributed by atoms with van der Waals surface area (Å²) in [5.41, 5.74) is 17.7. The molecule has 0 unspecified atom stereocenters. The number of hydrogen-bond donors (Lipinski definition) is 0. The van der Waals surface area contributed by atoms with Crippen molar-refractivity contribution in [2.24, 2.45) is 0 Å². The zero-order valence-electron chi connectivity index (χ0n) is 40.8. The summed E-state index contributed by atoms with van der Waals surface area (Å²) in [5.74, 6) is 0. The van der Waals surface area contributed by atoms with E-state index in [1.165, 1.54) is 205 Å². The number of benzene rings is 8. The summed E-state index contributed by atoms with van der Waals surface area (Å²) in [6.45, 7) is 9.36. The van der Waals surface area contributed by atoms with Crippen LogP contribution in [0.1, 0.15) is 178 Å². The van der Waals surface area contributed by atoms with Gasteiger partial charge in [-0.3, -0.25) is 0 Å². The van der Waals surface area contributed by atoms with E-state index in [-0.39, 0.29) is 10.8 Å². The average Bonchev–Trinajstić information content (AvgIpc) is 3.79. The third-order valence-corrected chi connectivity index (χ3v) is 16.7. The third kappa shape index (κ3) is 7.79. The molecule has 8 aromatic carbocycles. The van der Waals surface area contributed by atoms with E-state index in [4.69, 9.17) is 0 Å². The quantitative estimate of drug-likeness (QED) is 0.0470. The minimum absolute atomic E-state index is 0.0714. The maximum Gasteiger partial charge on any atom is 0.0215 e. The first-order valence-corrected chi connectivity index (χ1v) is 26.8. The summed E-state index contributed by atoms with van der Waals surface area (Å²) in [6, 6.07) is 53.4. The number of fused-ring (bicyclic) bond motifs is 6. The van der Waals surface area contributed by atoms with Crippen molar-refractivity contribution in [3.05, 3.63) is 156 Å². The molecule has 0 nitrogen and oxygen atoms in total. The van der Waals surface area contributed by atoms with Crippen molar-refractivity contribution < 1.29 is 0 Å². The monoisotopic (exact) mass is 867 g/mol. The summed E-state index contributed by atoms with van der Waals surface area (Å²) in [6.07, 6.45) is 25.8. The van der Waals surface area contributed by atoms with Crippen LogP contribution in [0.5, 0.6) is 0 Å². The van der Waals surface area contributed by atoms with Crippen LogP contribution in [0.4, 0.5) is 0 Å². The van der Waals surface area contributed by atoms with E-state index >= 15 is 0 Å². The fourth-order valence-corrected chi connectivity index (χ4v) is 13.3. The molecule has 0 spiro atoms. The number of unbranched alkanes of at least 4 members (excludes halogenated alkanes) is 12. The van der Waals surface area contributed by atoms with Crippen LogP contribution in [0.15, 0.2) is 133 Å². The standard InChI is InChI=1S/C66H74/c1-5-9-13-21-41-65(42-22-14-10-6-2)59-27-19-17-25-53(59)55-37-33-49(45-61(55)65)51-35-29-47-32-40-58-52(36-30-48-31-39-57(51)63(47)64(48)58)50-34-38-56-54-26-18-20-28-60(54)66(62(56)46-50,43-23-15-11-7-3)44-24-16-12-8-4/h17-20,25-40,45-46H,5-16,21-24,41-44H2,1-4H3. The molecule has 0 aromatic heterocycles. The van der Waals surface area contributed by atoms with Gasteiger partial charge in [0, 0.05) is 10.8 Å². The fraction of sp³-hybridized carbons (Fsp3) is 0.394. The maximum atomic E-state index is 2.64. The van der Waals surface area contributed by atoms with Crippen molar-refractivity contribution >= 4 is 32.3 Å². The van der Waals surface area contributed by atoms with Gasteiger partial charge in [0.25, 0.3) is 0 Å². The summed E-state index contributed by atoms with van der Waals surface area (Å²) < 4.78 is 0. The first-order chi connectivity index (χ1) is 32.6. The molecule has 0 saturated carbocycles. The molecule has 0 amide bonds. The molecule has 338 valence electrons. The summed E-state index contributed by atoms with van der Waals surface area (Å²) in [5, 5.41) is 8.24. The van der Waals surface area contributed by atoms with Gasteiger partial charge in [-0.05, 0) is 137 Å². The molecule has 2 aliphatic carbocycles. The molecule has 0 atom stereocenters. The van der Waals surface area contributed by atoms with E-state index in [9.17, 15) is 0 Å². The van der Waals surface area contributed by atoms with Crippen molar-refractivity contribution in [3.8, 4) is 44.5 Å². The first kappa shape index (κ1) is 44.6. The van der Waals surface area contributed by atoms with Crippen LogP contribution in [0, 0.1) is 0 Å². The fourth-order valence-electron chi connectivity index (χ4n) is 13.3. The Labute approximate surface area is 397 Å². The molecule has 8 aromatic rings. The van der Waals surface area contributed by atoms with Gasteiger partial charge in [-0.2, -0.15) is 0 Å². The second-order valence-electron chi connectivity index (χ2n) is 20.7. The Morgan fingerprint density at radius 3 is 1.00 bits per heavy atom. The Balaban J connectivity index is 1.09. The first-order valence-electron chi connectivity index (χ1n) is 26.8. The van der Waals surface area contributed by atoms with Crippen LogP contribution >= 0.6 is 0 Å². The van der Waals surface area contributed by atoms with Crippen LogP contribution in [0.3, 0.4) is 0 Å². The lowest BCUT2D eigenvalue weighted by atomic mass is 9.70. The van der Waals surface area contributed by atoms with Gasteiger partial charge in [0.05, 0.1) is 0 Å². The number of rotatable bonds is 22. The highest BCUT2D eigenvalue weighted by atomic mass is 14.5. The topological polar surface area (TPSA) is 0 Å². The van der Waals surface area contributed by atoms with Gasteiger partial charge < -0.3 is 0 Å². The summed E-state index contributed by atoms with van der Waals surface area (Å²) in [7, 11) is 0. The molecule has 0 bridgehead atoms. The number of hydrogen-bond acceptors (Lipinski definition) is 0. The molecule has 2 aliphatic rings. The molecule has 10 rings (SSSR count). The smallest absolute Gasteiger partial charge is 0.0215 e. The molecular formula is C66H74. The zero-order valence-corrected chi connectivity index (χ0v) is 40.8. The lowest BCUT2D eigenvalue weighted by Gasteiger charge is -2.33. The molecule has 0 N–H and O–H groups in total. The predicted molar refractivity (Wildman–Crippen MR) is 288 cm³/mol. The van der Waals surface area contributed by atoms with E-state index in [0.717, 1.165) is 0 Å². The van der Waals surface area contributed by atoms with Crippen LogP contribution in [0.25, 0.3) is 76.8 Å².